The van der Waals surface area contributed by atoms with E-state index in [9.17, 15) is 4.79 Å². The van der Waals surface area contributed by atoms with Gasteiger partial charge in [0.2, 0.25) is 0 Å². The fourth-order valence-corrected chi connectivity index (χ4v) is 5.43. The summed E-state index contributed by atoms with van der Waals surface area (Å²) in [6, 6.07) is 9.18. The lowest BCUT2D eigenvalue weighted by Crippen LogP contribution is -2.24. The minimum atomic E-state index is -0.188. The Morgan fingerprint density at radius 1 is 1.12 bits per heavy atom. The van der Waals surface area contributed by atoms with Crippen molar-refractivity contribution in [3.63, 3.8) is 0 Å². The second-order valence-corrected chi connectivity index (χ2v) is 11.8. The minimum Gasteiger partial charge on any atom is -0.461 e. The summed E-state index contributed by atoms with van der Waals surface area (Å²) < 4.78 is 5.56. The lowest BCUT2D eigenvalue weighted by molar-refractivity contribution is -0.151. The quantitative estimate of drug-likeness (QED) is 0.151. The molecule has 0 spiro atoms. The summed E-state index contributed by atoms with van der Waals surface area (Å²) >= 11 is 13.7. The number of ether oxygens (including phenoxy) is 1. The van der Waals surface area contributed by atoms with Gasteiger partial charge in [-0.15, -0.1) is 11.3 Å². The summed E-state index contributed by atoms with van der Waals surface area (Å²) in [6.07, 6.45) is 17.7. The van der Waals surface area contributed by atoms with Crippen molar-refractivity contribution in [3.05, 3.63) is 103 Å². The molecule has 3 rings (SSSR count). The Morgan fingerprint density at radius 3 is 2.51 bits per heavy atom. The third-order valence-corrected chi connectivity index (χ3v) is 8.35. The molecule has 220 valence electrons. The highest BCUT2D eigenvalue weighted by molar-refractivity contribution is 7.12. The van der Waals surface area contributed by atoms with Crippen molar-refractivity contribution < 1.29 is 9.53 Å². The number of halogens is 2. The predicted octanol–water partition coefficient (Wildman–Crippen LogP) is 10.9. The molecule has 0 amide bonds. The van der Waals surface area contributed by atoms with Gasteiger partial charge in [-0.1, -0.05) is 86.3 Å². The first-order valence-corrected chi connectivity index (χ1v) is 15.8. The summed E-state index contributed by atoms with van der Waals surface area (Å²) in [7, 11) is 0. The summed E-state index contributed by atoms with van der Waals surface area (Å²) in [5.74, 6) is -0.257. The molecule has 0 radical (unpaired) electrons. The van der Waals surface area contributed by atoms with Crippen LogP contribution in [0.1, 0.15) is 92.9 Å². The van der Waals surface area contributed by atoms with E-state index < -0.39 is 0 Å². The lowest BCUT2D eigenvalue weighted by atomic mass is 9.82. The van der Waals surface area contributed by atoms with Gasteiger partial charge < -0.3 is 4.74 Å². The van der Waals surface area contributed by atoms with Crippen LogP contribution in [0.3, 0.4) is 0 Å². The number of aryl methyl sites for hydroxylation is 1. The predicted molar refractivity (Wildman–Crippen MR) is 177 cm³/mol. The van der Waals surface area contributed by atoms with Crippen LogP contribution in [0.25, 0.3) is 12.2 Å². The van der Waals surface area contributed by atoms with Crippen LogP contribution < -0.4 is 0 Å². The Balaban J connectivity index is 0.000000317. The van der Waals surface area contributed by atoms with Gasteiger partial charge in [0.15, 0.2) is 0 Å². The SMILES string of the molecule is C/C=C/c1nc(/C=C\C=C(/C)CC)c(C)s1.CCCC(c1cccnc1)C(CC)C(=O)OCc1ccc(Cl)c(Cl)c1. The van der Waals surface area contributed by atoms with Gasteiger partial charge in [0.05, 0.1) is 21.7 Å². The van der Waals surface area contributed by atoms with Gasteiger partial charge in [-0.3, -0.25) is 9.78 Å². The van der Waals surface area contributed by atoms with Crippen molar-refractivity contribution in [1.29, 1.82) is 0 Å². The minimum absolute atomic E-state index is 0.116. The topological polar surface area (TPSA) is 52.1 Å². The van der Waals surface area contributed by atoms with Crippen LogP contribution in [-0.2, 0) is 16.1 Å². The van der Waals surface area contributed by atoms with Gasteiger partial charge in [-0.05, 0) is 87.4 Å². The fraction of sp³-hybridized carbons (Fsp3) is 0.382. The van der Waals surface area contributed by atoms with E-state index in [0.717, 1.165) is 47.5 Å². The molecular weight excluding hydrogens is 571 g/mol. The van der Waals surface area contributed by atoms with Crippen LogP contribution in [0.15, 0.2) is 66.5 Å². The molecule has 1 aromatic carbocycles. The number of pyridine rings is 1. The first-order chi connectivity index (χ1) is 19.7. The van der Waals surface area contributed by atoms with Crippen LogP contribution in [0, 0.1) is 12.8 Å². The monoisotopic (exact) mass is 612 g/mol. The molecule has 3 aromatic rings. The van der Waals surface area contributed by atoms with Gasteiger partial charge in [-0.25, -0.2) is 4.98 Å². The molecule has 2 heterocycles. The molecule has 2 unspecified atom stereocenters. The van der Waals surface area contributed by atoms with Crippen molar-refractivity contribution in [2.75, 3.05) is 0 Å². The van der Waals surface area contributed by atoms with E-state index in [1.807, 2.05) is 50.4 Å². The Kier molecular flexibility index (Phi) is 15.7. The summed E-state index contributed by atoms with van der Waals surface area (Å²) in [5.41, 5.74) is 4.38. The van der Waals surface area contributed by atoms with Crippen molar-refractivity contribution in [2.24, 2.45) is 5.92 Å². The van der Waals surface area contributed by atoms with Crippen LogP contribution in [0.4, 0.5) is 0 Å². The van der Waals surface area contributed by atoms with Gasteiger partial charge in [-0.2, -0.15) is 0 Å². The molecule has 4 nitrogen and oxygen atoms in total. The molecule has 0 aliphatic heterocycles. The Labute approximate surface area is 260 Å². The maximum atomic E-state index is 12.7. The summed E-state index contributed by atoms with van der Waals surface area (Å²) in [6.45, 7) is 12.8. The number of carbonyl (C=O) groups is 1. The van der Waals surface area contributed by atoms with Crippen molar-refractivity contribution >= 4 is 52.7 Å². The number of hydrogen-bond acceptors (Lipinski definition) is 5. The molecule has 41 heavy (non-hydrogen) atoms. The molecular formula is C34H42Cl2N2O2S. The second kappa shape index (κ2) is 18.7. The normalized spacial score (nSPS) is 13.2. The average Bonchev–Trinajstić information content (AvgIpc) is 3.32. The fourth-order valence-electron chi connectivity index (χ4n) is 4.23. The maximum Gasteiger partial charge on any atom is 0.309 e. The average molecular weight is 614 g/mol. The third-order valence-electron chi connectivity index (χ3n) is 6.66. The zero-order chi connectivity index (χ0) is 30.2. The zero-order valence-electron chi connectivity index (χ0n) is 25.0. The molecule has 0 saturated heterocycles. The van der Waals surface area contributed by atoms with E-state index in [4.69, 9.17) is 27.9 Å². The Bertz CT molecular complexity index is 1320. The molecule has 2 atom stereocenters. The number of benzene rings is 1. The standard InChI is InChI=1S/C20H23Cl2NO2.C14H19NS/c1-3-6-17(15-7-5-10-23-12-15)16(4-2)20(24)25-13-14-8-9-18(21)19(22)11-14;1-5-8-14-15-13(12(4)16-14)10-7-9-11(3)6-2/h5,7-12,16-17H,3-4,6,13H2,1-2H3;5,7-10H,6H2,1-4H3/b;8-5+,10-7-,11-9+. The van der Waals surface area contributed by atoms with E-state index in [2.05, 4.69) is 55.9 Å². The van der Waals surface area contributed by atoms with Crippen molar-refractivity contribution in [2.45, 2.75) is 79.8 Å². The molecule has 0 fully saturated rings. The Morgan fingerprint density at radius 2 is 1.90 bits per heavy atom. The first-order valence-electron chi connectivity index (χ1n) is 14.2. The number of esters is 1. The van der Waals surface area contributed by atoms with Crippen molar-refractivity contribution in [3.8, 4) is 0 Å². The van der Waals surface area contributed by atoms with Gasteiger partial charge in [0.25, 0.3) is 0 Å². The molecule has 0 saturated carbocycles. The van der Waals surface area contributed by atoms with Crippen LogP contribution in [0.2, 0.25) is 10.0 Å². The van der Waals surface area contributed by atoms with Crippen LogP contribution in [-0.4, -0.2) is 15.9 Å². The van der Waals surface area contributed by atoms with E-state index in [-0.39, 0.29) is 24.4 Å². The highest BCUT2D eigenvalue weighted by Gasteiger charge is 2.29. The van der Waals surface area contributed by atoms with Gasteiger partial charge >= 0.3 is 5.97 Å². The second-order valence-electron chi connectivity index (χ2n) is 9.77. The Hall–Kier alpha value is -2.73. The van der Waals surface area contributed by atoms with Gasteiger partial charge in [0.1, 0.15) is 11.6 Å². The van der Waals surface area contributed by atoms with E-state index >= 15 is 0 Å². The van der Waals surface area contributed by atoms with E-state index in [1.54, 1.807) is 29.7 Å². The number of aromatic nitrogens is 2. The maximum absolute atomic E-state index is 12.7. The third kappa shape index (κ3) is 11.6. The largest absolute Gasteiger partial charge is 0.461 e. The smallest absolute Gasteiger partial charge is 0.309 e. The van der Waals surface area contributed by atoms with E-state index in [1.165, 1.54) is 10.5 Å². The van der Waals surface area contributed by atoms with E-state index in [0.29, 0.717) is 10.0 Å². The molecule has 0 aliphatic rings. The highest BCUT2D eigenvalue weighted by atomic mass is 35.5. The number of hydrogen-bond donors (Lipinski definition) is 0. The molecule has 7 heteroatoms. The van der Waals surface area contributed by atoms with Crippen LogP contribution >= 0.6 is 34.5 Å². The molecule has 2 aromatic heterocycles. The summed E-state index contributed by atoms with van der Waals surface area (Å²) in [4.78, 5) is 22.7. The highest BCUT2D eigenvalue weighted by Crippen LogP contribution is 2.32. The lowest BCUT2D eigenvalue weighted by Gasteiger charge is -2.24. The molecule has 0 aliphatic carbocycles. The zero-order valence-corrected chi connectivity index (χ0v) is 27.3. The first kappa shape index (κ1) is 34.5. The van der Waals surface area contributed by atoms with Crippen molar-refractivity contribution in [1.82, 2.24) is 9.97 Å². The molecule has 0 bridgehead atoms. The summed E-state index contributed by atoms with van der Waals surface area (Å²) in [5, 5.41) is 2.03. The van der Waals surface area contributed by atoms with Gasteiger partial charge in [0, 0.05) is 17.3 Å². The number of nitrogens with zero attached hydrogens (tertiary/aromatic N) is 2. The number of carbonyl (C=O) groups excluding carboxylic acids is 1. The van der Waals surface area contributed by atoms with Crippen LogP contribution in [0.5, 0.6) is 0 Å². The number of allylic oxidation sites excluding steroid dienone is 4. The molecule has 0 N–H and O–H groups in total. The number of thiazole rings is 1. The number of rotatable bonds is 12.